The van der Waals surface area contributed by atoms with E-state index in [1.807, 2.05) is 27.9 Å². The van der Waals surface area contributed by atoms with Gasteiger partial charge in [0.25, 0.3) is 11.8 Å². The number of benzene rings is 2. The molecule has 0 radical (unpaired) electrons. The summed E-state index contributed by atoms with van der Waals surface area (Å²) in [5.74, 6) is -15.6. The molecule has 17 unspecified atom stereocenters. The average molecular weight is 1600 g/mol. The molecule has 2 saturated carbocycles. The molecule has 8 N–H and O–H groups in total. The molecule has 0 spiro atoms. The van der Waals surface area contributed by atoms with E-state index in [9.17, 15) is 57.8 Å². The second-order valence-electron chi connectivity index (χ2n) is 32.6. The highest BCUT2D eigenvalue weighted by molar-refractivity contribution is 6.11. The molecule has 622 valence electrons. The van der Waals surface area contributed by atoms with Gasteiger partial charge in [0, 0.05) is 64.0 Å². The Kier molecular flexibility index (Phi) is 30.6. The number of amides is 8. The number of nitrogens with two attached hydrogens (primary N) is 1. The second kappa shape index (κ2) is 37.8. The van der Waals surface area contributed by atoms with Crippen molar-refractivity contribution in [2.75, 3.05) is 80.9 Å². The van der Waals surface area contributed by atoms with Crippen molar-refractivity contribution in [2.24, 2.45) is 47.3 Å². The van der Waals surface area contributed by atoms with Crippen LogP contribution in [-0.4, -0.2) is 271 Å². The number of nitrogens with zero attached hydrogens (tertiary/aromatic N) is 6. The monoisotopic (exact) mass is 1590 g/mol. The van der Waals surface area contributed by atoms with Crippen molar-refractivity contribution in [3.05, 3.63) is 44.6 Å². The highest BCUT2D eigenvalue weighted by Gasteiger charge is 2.57. The van der Waals surface area contributed by atoms with E-state index >= 15 is 9.59 Å². The van der Waals surface area contributed by atoms with Crippen LogP contribution in [0.5, 0.6) is 0 Å². The fourth-order valence-corrected chi connectivity index (χ4v) is 15.9. The number of rotatable bonds is 15. The number of ketones is 2. The number of fused-ring (bicyclic) bond motifs is 5. The first kappa shape index (κ1) is 90.9. The molecule has 112 heavy (non-hydrogen) atoms. The lowest BCUT2D eigenvalue weighted by molar-refractivity contribution is -0.231. The summed E-state index contributed by atoms with van der Waals surface area (Å²) in [5, 5.41) is 29.8. The zero-order valence-corrected chi connectivity index (χ0v) is 68.8. The molecule has 0 aromatic heterocycles. The van der Waals surface area contributed by atoms with E-state index in [0.29, 0.717) is 50.7 Å². The molecule has 33 nitrogen and oxygen atoms in total. The van der Waals surface area contributed by atoms with Crippen LogP contribution < -0.4 is 32.4 Å². The molecule has 5 heterocycles. The van der Waals surface area contributed by atoms with Crippen LogP contribution in [0.4, 0.5) is 5.69 Å². The van der Waals surface area contributed by atoms with Crippen LogP contribution in [0.25, 0.3) is 22.6 Å². The number of halogens is 1. The lowest BCUT2D eigenvalue weighted by Gasteiger charge is -2.35. The maximum Gasteiger partial charge on any atom is 0.329 e. The number of Topliss-reactive ketones (excluding diaryl/α,β-unsaturated/α-hetero) is 2. The number of nitrogen functional groups attached to an aromatic ring is 1. The number of carbonyl (C=O) groups is 12. The summed E-state index contributed by atoms with van der Waals surface area (Å²) < 4.78 is 41.3. The van der Waals surface area contributed by atoms with Crippen molar-refractivity contribution in [3.63, 3.8) is 0 Å². The van der Waals surface area contributed by atoms with Gasteiger partial charge >= 0.3 is 11.9 Å². The minimum atomic E-state index is -1.86. The zero-order valence-electron chi connectivity index (χ0n) is 68.0. The number of aromatic nitrogens is 1. The van der Waals surface area contributed by atoms with E-state index in [0.717, 1.165) is 22.8 Å². The fourth-order valence-electron chi connectivity index (χ4n) is 15.9. The van der Waals surface area contributed by atoms with Gasteiger partial charge in [0.15, 0.2) is 35.0 Å². The number of esters is 2. The van der Waals surface area contributed by atoms with Crippen LogP contribution in [0.3, 0.4) is 0 Å². The molecule has 1 aromatic rings. The van der Waals surface area contributed by atoms with Crippen molar-refractivity contribution in [2.45, 2.75) is 227 Å². The molecule has 4 saturated heterocycles. The first-order valence-corrected chi connectivity index (χ1v) is 38.4. The van der Waals surface area contributed by atoms with Gasteiger partial charge in [-0.15, -0.1) is 12.4 Å². The van der Waals surface area contributed by atoms with Crippen LogP contribution in [-0.2, 0) is 76.4 Å². The molecule has 9 rings (SSSR count). The number of anilines is 1. The van der Waals surface area contributed by atoms with Gasteiger partial charge in [-0.05, 0) is 130 Å². The number of hydrogen-bond acceptors (Lipinski definition) is 25. The topological polar surface area (TPSA) is 434 Å². The average Bonchev–Trinajstić information content (AvgIpc) is 0.861. The van der Waals surface area contributed by atoms with E-state index in [4.69, 9.17) is 48.7 Å². The minimum absolute atomic E-state index is 0. The van der Waals surface area contributed by atoms with Gasteiger partial charge in [-0.3, -0.25) is 52.7 Å². The summed E-state index contributed by atoms with van der Waals surface area (Å²) >= 11 is 0. The van der Waals surface area contributed by atoms with E-state index in [-0.39, 0.29) is 58.8 Å². The number of ether oxygens (including phenoxy) is 6. The number of nitrogens with one attached hydrogen (secondary N) is 4. The van der Waals surface area contributed by atoms with Gasteiger partial charge in [-0.25, -0.2) is 14.6 Å². The van der Waals surface area contributed by atoms with Crippen LogP contribution in [0.1, 0.15) is 160 Å². The van der Waals surface area contributed by atoms with Crippen molar-refractivity contribution < 1.29 is 101 Å². The molecule has 3 aliphatic carbocycles. The van der Waals surface area contributed by atoms with E-state index in [2.05, 4.69) is 26.2 Å². The SMILES string of the molecule is CN(C)CCCOC1C(C(O)CO)OC2OC(C)(C)OC21.Cc1c2oc3c(C)ccc(C(=O)NC4C(=O)NC(C(C)C)C(=O)C5CCCC5C(=O)N(C)CC(=O)N(C)C(C(C)C)C(=O)OC4C)c3nc-2c(C(=O)NC2C(=O)NC(C(C)C)C(=O)C3CCCC3C(=O)N(C)CC(=O)N(C)C(C(C)C)C(=O)OC2C)c(N)c1=O.Cl. The van der Waals surface area contributed by atoms with E-state index < -0.39 is 227 Å². The molecule has 17 atom stereocenters. The Hall–Kier alpha value is -8.31. The Bertz CT molecular complexity index is 4040. The molecule has 1 aromatic carbocycles. The van der Waals surface area contributed by atoms with Crippen molar-refractivity contribution >= 4 is 100.0 Å². The van der Waals surface area contributed by atoms with Crippen molar-refractivity contribution in [1.29, 1.82) is 0 Å². The Balaban J connectivity index is 0.000000679. The third-order valence-corrected chi connectivity index (χ3v) is 22.0. The molecule has 0 bridgehead atoms. The standard InChI is InChI=1S/C64H88N10O16.C14H27NO6.ClH/c1-27(2)44-53(78)35-19-17-21-37(35)61(84)71(13)25-40(75)73(15)50(29(5)6)63(86)88-33(11)46(59(82)67-44)69-57(80)39-24-23-31(9)55-48(39)66-49-42(43(65)52(77)32(10)56(49)90-55)58(81)70-47-34(12)89-64(87)51(30(7)8)74(16)41(76)26-72(14)62(85)38-22-18-20-36(38)54(79)45(28(3)4)68-60(47)83;1-14(2)20-12-11(18-7-5-6-15(3)4)10(9(17)8-16)19-13(12)21-14;/h23-24,27-30,33-38,44-47,50-51H,17-22,25-26,65H2,1-16H3,(H,67,82)(H,68,83)(H,69,80)(H,70,81);9-13,16-17H,5-8H2,1-4H3;1H. The summed E-state index contributed by atoms with van der Waals surface area (Å²) in [4.78, 5) is 199. The summed E-state index contributed by atoms with van der Waals surface area (Å²) in [7, 11) is 9.67. The molecule has 8 aliphatic rings. The van der Waals surface area contributed by atoms with Gasteiger partial charge in [0.2, 0.25) is 40.9 Å². The largest absolute Gasteiger partial charge is 0.458 e. The van der Waals surface area contributed by atoms with Gasteiger partial charge < -0.3 is 94.6 Å². The van der Waals surface area contributed by atoms with Gasteiger partial charge in [0.05, 0.1) is 48.6 Å². The van der Waals surface area contributed by atoms with Crippen molar-refractivity contribution in [1.82, 2.24) is 50.8 Å². The number of hydrogen-bond donors (Lipinski definition) is 7. The molecule has 34 heteroatoms. The van der Waals surface area contributed by atoms with Crippen LogP contribution >= 0.6 is 12.4 Å². The van der Waals surface area contributed by atoms with Gasteiger partial charge in [-0.2, -0.15) is 0 Å². The number of aliphatic hydroxyl groups is 2. The molecule has 6 fully saturated rings. The predicted octanol–water partition coefficient (Wildman–Crippen LogP) is 2.69. The van der Waals surface area contributed by atoms with Crippen molar-refractivity contribution in [3.8, 4) is 11.5 Å². The third kappa shape index (κ3) is 19.9. The fraction of sp³-hybridized carbons (Fsp3) is 0.692. The van der Waals surface area contributed by atoms with Crippen LogP contribution in [0, 0.1) is 61.2 Å². The van der Waals surface area contributed by atoms with E-state index in [1.165, 1.54) is 70.9 Å². The second-order valence-corrected chi connectivity index (χ2v) is 32.6. The maximum absolute atomic E-state index is 15.2. The maximum atomic E-state index is 15.2. The summed E-state index contributed by atoms with van der Waals surface area (Å²) in [5.41, 5.74) is 3.67. The number of likely N-dealkylation sites (N-methyl/N-ethyl adjacent to an activating group) is 4. The quantitative estimate of drug-likeness (QED) is 0.0498. The lowest BCUT2D eigenvalue weighted by atomic mass is 9.83. The Morgan fingerprint density at radius 3 is 1.61 bits per heavy atom. The highest BCUT2D eigenvalue weighted by Crippen LogP contribution is 2.42. The third-order valence-electron chi connectivity index (χ3n) is 22.0. The Morgan fingerprint density at radius 1 is 0.696 bits per heavy atom. The van der Waals surface area contributed by atoms with E-state index in [1.54, 1.807) is 62.3 Å². The van der Waals surface area contributed by atoms with Crippen LogP contribution in [0.15, 0.2) is 21.3 Å². The highest BCUT2D eigenvalue weighted by atomic mass is 35.5. The molecule has 5 aliphatic heterocycles. The number of cyclic esters (lactones) is 2. The normalized spacial score (nSPS) is 29.1. The predicted molar refractivity (Wildman–Crippen MR) is 410 cm³/mol. The summed E-state index contributed by atoms with van der Waals surface area (Å²) in [6, 6.07) is -5.71. The Morgan fingerprint density at radius 2 is 1.16 bits per heavy atom. The Labute approximate surface area is 659 Å². The number of carbonyl (C=O) groups excluding carboxylic acids is 12. The van der Waals surface area contributed by atoms with Gasteiger partial charge in [0.1, 0.15) is 72.0 Å². The lowest BCUT2D eigenvalue weighted by Crippen LogP contribution is -2.59. The molecular weight excluding hydrogens is 1480 g/mol. The zero-order chi connectivity index (χ0) is 82.6. The molecule has 8 amide bonds. The summed E-state index contributed by atoms with van der Waals surface area (Å²) in [6.07, 6.45) is -2.83. The van der Waals surface area contributed by atoms with Crippen LogP contribution in [0.2, 0.25) is 0 Å². The number of aryl methyl sites for hydroxylation is 1. The number of aliphatic hydroxyl groups excluding tert-OH is 2. The molecular formula is C78H116ClN11O22. The first-order chi connectivity index (χ1) is 51.9. The minimum Gasteiger partial charge on any atom is -0.458 e. The smallest absolute Gasteiger partial charge is 0.329 e. The van der Waals surface area contributed by atoms with Gasteiger partial charge in [-0.1, -0.05) is 74.3 Å². The summed E-state index contributed by atoms with van der Waals surface area (Å²) in [6.45, 7) is 23.0. The first-order valence-electron chi connectivity index (χ1n) is 38.4.